The van der Waals surface area contributed by atoms with Crippen molar-refractivity contribution in [2.45, 2.75) is 26.4 Å². The molecule has 0 saturated heterocycles. The van der Waals surface area contributed by atoms with E-state index in [1.165, 1.54) is 0 Å². The fraction of sp³-hybridized carbons (Fsp3) is 0.250. The molecule has 0 radical (unpaired) electrons. The molecule has 6 nitrogen and oxygen atoms in total. The Kier molecular flexibility index (Phi) is 5.31. The molecule has 26 heavy (non-hydrogen) atoms. The quantitative estimate of drug-likeness (QED) is 0.741. The van der Waals surface area contributed by atoms with Crippen LogP contribution in [0.4, 0.5) is 0 Å². The van der Waals surface area contributed by atoms with Crippen molar-refractivity contribution < 1.29 is 9.53 Å². The zero-order valence-corrected chi connectivity index (χ0v) is 14.8. The lowest BCUT2D eigenvalue weighted by atomic mass is 10.2. The van der Waals surface area contributed by atoms with E-state index in [-0.39, 0.29) is 30.7 Å². The Labute approximate surface area is 151 Å². The summed E-state index contributed by atoms with van der Waals surface area (Å²) in [7, 11) is 0. The summed E-state index contributed by atoms with van der Waals surface area (Å²) in [5.74, 6) is 0.928. The highest BCUT2D eigenvalue weighted by Gasteiger charge is 2.19. The number of amides is 1. The number of carbonyl (C=O) groups excluding carboxylic acids is 1. The van der Waals surface area contributed by atoms with Crippen molar-refractivity contribution in [3.63, 3.8) is 0 Å². The summed E-state index contributed by atoms with van der Waals surface area (Å²) in [6.45, 7) is 3.98. The highest BCUT2D eigenvalue weighted by Crippen LogP contribution is 2.11. The second-order valence-electron chi connectivity index (χ2n) is 6.25. The maximum Gasteiger partial charge on any atom is 0.261 e. The van der Waals surface area contributed by atoms with Gasteiger partial charge in [-0.05, 0) is 38.1 Å². The lowest BCUT2D eigenvalue weighted by Gasteiger charge is -2.26. The number of rotatable bonds is 6. The van der Waals surface area contributed by atoms with Gasteiger partial charge in [-0.2, -0.15) is 0 Å². The molecule has 0 aliphatic carbocycles. The number of ether oxygens (including phenoxy) is 1. The molecule has 0 fully saturated rings. The molecule has 0 bridgehead atoms. The number of para-hydroxylation sites is 2. The van der Waals surface area contributed by atoms with Crippen LogP contribution in [0.5, 0.6) is 5.75 Å². The van der Waals surface area contributed by atoms with Crippen molar-refractivity contribution in [1.29, 1.82) is 0 Å². The molecular formula is C20H21N3O3. The van der Waals surface area contributed by atoms with Gasteiger partial charge in [-0.1, -0.05) is 30.3 Å². The number of fused-ring (bicyclic) bond motifs is 1. The highest BCUT2D eigenvalue weighted by molar-refractivity contribution is 5.78. The van der Waals surface area contributed by atoms with Crippen LogP contribution in [0.15, 0.2) is 59.4 Å². The van der Waals surface area contributed by atoms with Crippen LogP contribution in [-0.2, 0) is 11.3 Å². The molecule has 0 atom stereocenters. The van der Waals surface area contributed by atoms with Crippen molar-refractivity contribution >= 4 is 16.8 Å². The van der Waals surface area contributed by atoms with Crippen molar-refractivity contribution in [1.82, 2.24) is 14.9 Å². The monoisotopic (exact) mass is 351 g/mol. The molecule has 1 aromatic heterocycles. The SMILES string of the molecule is CC(C)N(Cc1nc2ccccc2c(=O)[nH]1)C(=O)COc1ccccc1. The minimum Gasteiger partial charge on any atom is -0.484 e. The summed E-state index contributed by atoms with van der Waals surface area (Å²) in [6.07, 6.45) is 0. The first kappa shape index (κ1) is 17.7. The number of H-pyrrole nitrogens is 1. The third-order valence-corrected chi connectivity index (χ3v) is 4.03. The number of carbonyl (C=O) groups is 1. The number of nitrogens with one attached hydrogen (secondary N) is 1. The van der Waals surface area contributed by atoms with E-state index >= 15 is 0 Å². The molecule has 6 heteroatoms. The van der Waals surface area contributed by atoms with Crippen molar-refractivity contribution in [3.05, 3.63) is 70.8 Å². The average molecular weight is 351 g/mol. The first-order valence-electron chi connectivity index (χ1n) is 8.50. The van der Waals surface area contributed by atoms with Crippen LogP contribution in [0.1, 0.15) is 19.7 Å². The summed E-state index contributed by atoms with van der Waals surface area (Å²) in [6, 6.07) is 16.3. The smallest absolute Gasteiger partial charge is 0.261 e. The lowest BCUT2D eigenvalue weighted by molar-refractivity contribution is -0.135. The summed E-state index contributed by atoms with van der Waals surface area (Å²) in [5.41, 5.74) is 0.408. The van der Waals surface area contributed by atoms with Crippen LogP contribution in [0.25, 0.3) is 10.9 Å². The van der Waals surface area contributed by atoms with Crippen molar-refractivity contribution in [2.24, 2.45) is 0 Å². The van der Waals surface area contributed by atoms with Crippen molar-refractivity contribution in [2.75, 3.05) is 6.61 Å². The number of benzene rings is 2. The summed E-state index contributed by atoms with van der Waals surface area (Å²) < 4.78 is 5.55. The molecule has 134 valence electrons. The predicted molar refractivity (Wildman–Crippen MR) is 100.0 cm³/mol. The van der Waals surface area contributed by atoms with Gasteiger partial charge < -0.3 is 14.6 Å². The summed E-state index contributed by atoms with van der Waals surface area (Å²) in [4.78, 5) is 33.7. The Balaban J connectivity index is 1.76. The largest absolute Gasteiger partial charge is 0.484 e. The zero-order valence-electron chi connectivity index (χ0n) is 14.8. The molecule has 1 heterocycles. The molecule has 0 unspecified atom stereocenters. The van der Waals surface area contributed by atoms with E-state index in [1.807, 2.05) is 38.1 Å². The predicted octanol–water partition coefficient (Wildman–Crippen LogP) is 2.74. The molecule has 0 aliphatic rings. The van der Waals surface area contributed by atoms with Crippen LogP contribution in [-0.4, -0.2) is 33.4 Å². The Morgan fingerprint density at radius 1 is 1.12 bits per heavy atom. The van der Waals surface area contributed by atoms with E-state index in [0.29, 0.717) is 22.5 Å². The van der Waals surface area contributed by atoms with Gasteiger partial charge in [0.1, 0.15) is 11.6 Å². The van der Waals surface area contributed by atoms with Gasteiger partial charge in [0.05, 0.1) is 17.4 Å². The first-order chi connectivity index (χ1) is 12.5. The Hall–Kier alpha value is -3.15. The number of aromatic amines is 1. The lowest BCUT2D eigenvalue weighted by Crippen LogP contribution is -2.40. The van der Waals surface area contributed by atoms with Crippen LogP contribution < -0.4 is 10.3 Å². The van der Waals surface area contributed by atoms with E-state index in [2.05, 4.69) is 9.97 Å². The second-order valence-corrected chi connectivity index (χ2v) is 6.25. The maximum absolute atomic E-state index is 12.6. The van der Waals surface area contributed by atoms with Gasteiger partial charge in [-0.25, -0.2) is 4.98 Å². The number of hydrogen-bond donors (Lipinski definition) is 1. The van der Waals surface area contributed by atoms with Gasteiger partial charge in [0.2, 0.25) is 0 Å². The number of nitrogens with zero attached hydrogens (tertiary/aromatic N) is 2. The second kappa shape index (κ2) is 7.82. The van der Waals surface area contributed by atoms with E-state index < -0.39 is 0 Å². The minimum atomic E-state index is -0.206. The molecule has 0 spiro atoms. The van der Waals surface area contributed by atoms with E-state index in [9.17, 15) is 9.59 Å². The highest BCUT2D eigenvalue weighted by atomic mass is 16.5. The molecule has 1 amide bonds. The molecular weight excluding hydrogens is 330 g/mol. The Bertz CT molecular complexity index is 951. The fourth-order valence-electron chi connectivity index (χ4n) is 2.67. The zero-order chi connectivity index (χ0) is 18.5. The molecule has 0 saturated carbocycles. The van der Waals surface area contributed by atoms with E-state index in [4.69, 9.17) is 4.74 Å². The van der Waals surface area contributed by atoms with Gasteiger partial charge in [0, 0.05) is 6.04 Å². The number of hydrogen-bond acceptors (Lipinski definition) is 4. The van der Waals surface area contributed by atoms with Gasteiger partial charge in [-0.15, -0.1) is 0 Å². The first-order valence-corrected chi connectivity index (χ1v) is 8.50. The molecule has 0 aliphatic heterocycles. The molecule has 3 rings (SSSR count). The van der Waals surface area contributed by atoms with Gasteiger partial charge in [-0.3, -0.25) is 9.59 Å². The van der Waals surface area contributed by atoms with Gasteiger partial charge in [0.15, 0.2) is 6.61 Å². The van der Waals surface area contributed by atoms with Crippen LogP contribution in [0.2, 0.25) is 0 Å². The van der Waals surface area contributed by atoms with E-state index in [1.54, 1.807) is 35.2 Å². The molecule has 1 N–H and O–H groups in total. The topological polar surface area (TPSA) is 75.3 Å². The van der Waals surface area contributed by atoms with E-state index in [0.717, 1.165) is 0 Å². The summed E-state index contributed by atoms with van der Waals surface area (Å²) >= 11 is 0. The summed E-state index contributed by atoms with van der Waals surface area (Å²) in [5, 5.41) is 0.533. The maximum atomic E-state index is 12.6. The fourth-order valence-corrected chi connectivity index (χ4v) is 2.67. The minimum absolute atomic E-state index is 0.0568. The molecule has 2 aromatic carbocycles. The van der Waals surface area contributed by atoms with Crippen molar-refractivity contribution in [3.8, 4) is 5.75 Å². The normalized spacial score (nSPS) is 10.9. The molecule has 3 aromatic rings. The van der Waals surface area contributed by atoms with Crippen LogP contribution in [0.3, 0.4) is 0 Å². The Morgan fingerprint density at radius 2 is 1.81 bits per heavy atom. The Morgan fingerprint density at radius 3 is 2.54 bits per heavy atom. The third kappa shape index (κ3) is 4.08. The van der Waals surface area contributed by atoms with Crippen LogP contribution >= 0.6 is 0 Å². The standard InChI is InChI=1S/C20H21N3O3/c1-14(2)23(19(24)13-26-15-8-4-3-5-9-15)12-18-21-17-11-7-6-10-16(17)20(25)22-18/h3-11,14H,12-13H2,1-2H3,(H,21,22,25). The van der Waals surface area contributed by atoms with Gasteiger partial charge >= 0.3 is 0 Å². The van der Waals surface area contributed by atoms with Gasteiger partial charge in [0.25, 0.3) is 11.5 Å². The number of aromatic nitrogens is 2. The average Bonchev–Trinajstić information content (AvgIpc) is 2.65. The van der Waals surface area contributed by atoms with Crippen LogP contribution in [0, 0.1) is 0 Å². The third-order valence-electron chi connectivity index (χ3n) is 4.03.